The average Bonchev–Trinajstić information content (AvgIpc) is 2.93. The maximum Gasteiger partial charge on any atom is 0.100 e. The van der Waals surface area contributed by atoms with E-state index in [9.17, 15) is 0 Å². The highest BCUT2D eigenvalue weighted by atomic mass is 16.5. The molecular weight excluding hydrogens is 250 g/mol. The van der Waals surface area contributed by atoms with E-state index in [-0.39, 0.29) is 6.10 Å². The number of nitrogens with zero attached hydrogens (tertiary/aromatic N) is 2. The molecule has 1 aromatic rings. The number of aromatic nitrogens is 2. The van der Waals surface area contributed by atoms with Gasteiger partial charge in [-0.15, -0.1) is 0 Å². The fourth-order valence-electron chi connectivity index (χ4n) is 3.24. The minimum atomic E-state index is 0.194. The van der Waals surface area contributed by atoms with Gasteiger partial charge >= 0.3 is 0 Å². The topological polar surface area (TPSA) is 39.1 Å². The number of aryl methyl sites for hydroxylation is 1. The predicted octanol–water partition coefficient (Wildman–Crippen LogP) is 2.59. The van der Waals surface area contributed by atoms with Crippen LogP contribution in [0.2, 0.25) is 0 Å². The quantitative estimate of drug-likeness (QED) is 0.858. The van der Waals surface area contributed by atoms with Gasteiger partial charge in [-0.2, -0.15) is 0 Å². The molecule has 1 saturated heterocycles. The monoisotopic (exact) mass is 275 g/mol. The Morgan fingerprint density at radius 3 is 3.10 bits per heavy atom. The molecule has 0 aromatic carbocycles. The summed E-state index contributed by atoms with van der Waals surface area (Å²) in [5.41, 5.74) is 1.19. The second-order valence-electron chi connectivity index (χ2n) is 6.07. The highest BCUT2D eigenvalue weighted by Crippen LogP contribution is 2.28. The first-order valence-electron chi connectivity index (χ1n) is 7.79. The maximum absolute atomic E-state index is 5.91. The van der Waals surface area contributed by atoms with E-state index in [2.05, 4.69) is 27.0 Å². The first kappa shape index (κ1) is 13.8. The molecular formula is C16H25N3O. The zero-order valence-electron chi connectivity index (χ0n) is 12.3. The predicted molar refractivity (Wildman–Crippen MR) is 79.4 cm³/mol. The molecule has 3 atom stereocenters. The Labute approximate surface area is 121 Å². The molecule has 0 saturated carbocycles. The summed E-state index contributed by atoms with van der Waals surface area (Å²) in [7, 11) is 2.04. The number of nitrogens with one attached hydrogen (secondary N) is 1. The smallest absolute Gasteiger partial charge is 0.100 e. The van der Waals surface area contributed by atoms with Crippen LogP contribution in [-0.4, -0.2) is 28.7 Å². The molecule has 20 heavy (non-hydrogen) atoms. The number of rotatable bonds is 4. The molecule has 0 spiro atoms. The molecule has 1 aliphatic heterocycles. The molecule has 1 N–H and O–H groups in total. The summed E-state index contributed by atoms with van der Waals surface area (Å²) >= 11 is 0. The van der Waals surface area contributed by atoms with Crippen LogP contribution in [0, 0.1) is 5.92 Å². The van der Waals surface area contributed by atoms with Crippen molar-refractivity contribution in [1.29, 1.82) is 0 Å². The molecule has 0 bridgehead atoms. The fourth-order valence-corrected chi connectivity index (χ4v) is 3.24. The van der Waals surface area contributed by atoms with Crippen molar-refractivity contribution >= 4 is 0 Å². The van der Waals surface area contributed by atoms with Crippen molar-refractivity contribution in [2.24, 2.45) is 13.0 Å². The summed E-state index contributed by atoms with van der Waals surface area (Å²) in [6.07, 6.45) is 14.6. The summed E-state index contributed by atoms with van der Waals surface area (Å²) in [6, 6.07) is 0.578. The number of hydrogen-bond donors (Lipinski definition) is 1. The number of allylic oxidation sites excluding steroid dienone is 2. The van der Waals surface area contributed by atoms with E-state index in [1.54, 1.807) is 0 Å². The van der Waals surface area contributed by atoms with Gasteiger partial charge in [0.1, 0.15) is 6.10 Å². The molecule has 4 nitrogen and oxygen atoms in total. The molecule has 2 aliphatic rings. The maximum atomic E-state index is 5.91. The van der Waals surface area contributed by atoms with Crippen molar-refractivity contribution in [2.45, 2.75) is 44.2 Å². The lowest BCUT2D eigenvalue weighted by molar-refractivity contribution is -0.00435. The van der Waals surface area contributed by atoms with Crippen molar-refractivity contribution < 1.29 is 4.74 Å². The van der Waals surface area contributed by atoms with Gasteiger partial charge < -0.3 is 14.6 Å². The Hall–Kier alpha value is -1.13. The van der Waals surface area contributed by atoms with Crippen LogP contribution in [0.15, 0.2) is 24.7 Å². The van der Waals surface area contributed by atoms with E-state index >= 15 is 0 Å². The van der Waals surface area contributed by atoms with E-state index in [4.69, 9.17) is 4.74 Å². The van der Waals surface area contributed by atoms with Crippen LogP contribution in [0.4, 0.5) is 0 Å². The summed E-state index contributed by atoms with van der Waals surface area (Å²) in [5.74, 6) is 0.818. The Balaban J connectivity index is 1.50. The van der Waals surface area contributed by atoms with Crippen LogP contribution >= 0.6 is 0 Å². The van der Waals surface area contributed by atoms with E-state index in [1.165, 1.54) is 25.0 Å². The van der Waals surface area contributed by atoms with E-state index in [0.717, 1.165) is 31.9 Å². The minimum absolute atomic E-state index is 0.194. The highest BCUT2D eigenvalue weighted by molar-refractivity contribution is 5.04. The van der Waals surface area contributed by atoms with Gasteiger partial charge in [0.05, 0.1) is 18.2 Å². The third kappa shape index (κ3) is 3.30. The zero-order chi connectivity index (χ0) is 13.8. The molecule has 1 aliphatic carbocycles. The van der Waals surface area contributed by atoms with Crippen molar-refractivity contribution in [3.05, 3.63) is 30.4 Å². The molecule has 0 amide bonds. The summed E-state index contributed by atoms with van der Waals surface area (Å²) in [5, 5.41) is 3.76. The van der Waals surface area contributed by atoms with Crippen LogP contribution < -0.4 is 5.32 Å². The average molecular weight is 275 g/mol. The fraction of sp³-hybridized carbons (Fsp3) is 0.688. The highest BCUT2D eigenvalue weighted by Gasteiger charge is 2.26. The molecule has 3 unspecified atom stereocenters. The van der Waals surface area contributed by atoms with Gasteiger partial charge in [0.25, 0.3) is 0 Å². The van der Waals surface area contributed by atoms with Crippen LogP contribution in [0.25, 0.3) is 0 Å². The third-order valence-electron chi connectivity index (χ3n) is 4.54. The van der Waals surface area contributed by atoms with Gasteiger partial charge in [0, 0.05) is 19.7 Å². The first-order chi connectivity index (χ1) is 9.83. The summed E-state index contributed by atoms with van der Waals surface area (Å²) in [4.78, 5) is 4.20. The molecule has 4 heteroatoms. The van der Waals surface area contributed by atoms with Crippen LogP contribution in [0.5, 0.6) is 0 Å². The van der Waals surface area contributed by atoms with Gasteiger partial charge in [0.15, 0.2) is 0 Å². The first-order valence-corrected chi connectivity index (χ1v) is 7.79. The second kappa shape index (κ2) is 6.55. The number of imidazole rings is 1. The molecule has 0 radical (unpaired) electrons. The minimum Gasteiger partial charge on any atom is -0.372 e. The SMILES string of the molecule is Cn1cncc1C1CC(NCC2CC=CCC2)CCO1. The van der Waals surface area contributed by atoms with Gasteiger partial charge in [-0.05, 0) is 44.6 Å². The van der Waals surface area contributed by atoms with Gasteiger partial charge in [-0.3, -0.25) is 0 Å². The summed E-state index contributed by atoms with van der Waals surface area (Å²) < 4.78 is 7.98. The molecule has 2 heterocycles. The zero-order valence-corrected chi connectivity index (χ0v) is 12.3. The summed E-state index contributed by atoms with van der Waals surface area (Å²) in [6.45, 7) is 1.99. The Morgan fingerprint density at radius 1 is 1.40 bits per heavy atom. The van der Waals surface area contributed by atoms with Gasteiger partial charge in [-0.1, -0.05) is 12.2 Å². The lowest BCUT2D eigenvalue weighted by Gasteiger charge is -2.31. The van der Waals surface area contributed by atoms with Crippen molar-refractivity contribution in [3.63, 3.8) is 0 Å². The van der Waals surface area contributed by atoms with Gasteiger partial charge in [-0.25, -0.2) is 4.98 Å². The number of ether oxygens (including phenoxy) is 1. The van der Waals surface area contributed by atoms with E-state index in [1.807, 2.05) is 19.6 Å². The Kier molecular flexibility index (Phi) is 4.53. The molecule has 1 aromatic heterocycles. The van der Waals surface area contributed by atoms with Crippen LogP contribution in [0.1, 0.15) is 43.9 Å². The third-order valence-corrected chi connectivity index (χ3v) is 4.54. The largest absolute Gasteiger partial charge is 0.372 e. The lowest BCUT2D eigenvalue weighted by Crippen LogP contribution is -2.39. The van der Waals surface area contributed by atoms with E-state index < -0.39 is 0 Å². The normalized spacial score (nSPS) is 30.6. The Morgan fingerprint density at radius 2 is 2.35 bits per heavy atom. The van der Waals surface area contributed by atoms with Crippen molar-refractivity contribution in [2.75, 3.05) is 13.2 Å². The Bertz CT molecular complexity index is 454. The van der Waals surface area contributed by atoms with Gasteiger partial charge in [0.2, 0.25) is 0 Å². The second-order valence-corrected chi connectivity index (χ2v) is 6.07. The molecule has 3 rings (SSSR count). The lowest BCUT2D eigenvalue weighted by atomic mass is 9.93. The van der Waals surface area contributed by atoms with Crippen LogP contribution in [-0.2, 0) is 11.8 Å². The molecule has 110 valence electrons. The van der Waals surface area contributed by atoms with E-state index in [0.29, 0.717) is 6.04 Å². The molecule has 1 fully saturated rings. The van der Waals surface area contributed by atoms with Crippen molar-refractivity contribution in [1.82, 2.24) is 14.9 Å². The van der Waals surface area contributed by atoms with Crippen LogP contribution in [0.3, 0.4) is 0 Å². The van der Waals surface area contributed by atoms with Crippen molar-refractivity contribution in [3.8, 4) is 0 Å². The standard InChI is InChI=1S/C16H25N3O/c1-19-12-17-11-15(19)16-9-14(7-8-20-16)18-10-13-5-3-2-4-6-13/h2-3,11-14,16,18H,4-10H2,1H3. The number of hydrogen-bond acceptors (Lipinski definition) is 3.